The first kappa shape index (κ1) is 13.2. The molecule has 0 aromatic carbocycles. The summed E-state index contributed by atoms with van der Waals surface area (Å²) in [6.45, 7) is 3.36. The number of amides is 2. The summed E-state index contributed by atoms with van der Waals surface area (Å²) in [6.07, 6.45) is 4.93. The Labute approximate surface area is 108 Å². The summed E-state index contributed by atoms with van der Waals surface area (Å²) in [5, 5.41) is 12.4. The van der Waals surface area contributed by atoms with Gasteiger partial charge in [0.05, 0.1) is 0 Å². The first-order valence-corrected chi connectivity index (χ1v) is 6.89. The summed E-state index contributed by atoms with van der Waals surface area (Å²) in [5.74, 6) is -0.223. The lowest BCUT2D eigenvalue weighted by atomic mass is 9.74. The average Bonchev–Trinajstić information content (AvgIpc) is 2.39. The standard InChI is InChI=1S/C13H22N2O3/c1-2-10-4-6-13(7-5-10,11(16)17)15-9-3-8-14-12(15)18/h10H,2-9H2,1H3,(H,14,18)(H,16,17). The summed E-state index contributed by atoms with van der Waals surface area (Å²) in [5.41, 5.74) is -0.962. The predicted molar refractivity (Wildman–Crippen MR) is 67.3 cm³/mol. The Bertz CT molecular complexity index is 335. The zero-order valence-electron chi connectivity index (χ0n) is 10.9. The van der Waals surface area contributed by atoms with Crippen LogP contribution in [-0.4, -0.2) is 40.6 Å². The Hall–Kier alpha value is -1.26. The predicted octanol–water partition coefficient (Wildman–Crippen LogP) is 1.83. The minimum Gasteiger partial charge on any atom is -0.479 e. The molecule has 2 N–H and O–H groups in total. The van der Waals surface area contributed by atoms with Crippen molar-refractivity contribution < 1.29 is 14.7 Å². The Morgan fingerprint density at radius 2 is 2.17 bits per heavy atom. The molecule has 5 heteroatoms. The maximum atomic E-state index is 11.9. The fourth-order valence-corrected chi connectivity index (χ4v) is 3.20. The average molecular weight is 254 g/mol. The van der Waals surface area contributed by atoms with E-state index in [1.165, 1.54) is 0 Å². The zero-order chi connectivity index (χ0) is 13.2. The molecule has 1 saturated carbocycles. The van der Waals surface area contributed by atoms with Gasteiger partial charge in [0.1, 0.15) is 5.54 Å². The molecular formula is C13H22N2O3. The van der Waals surface area contributed by atoms with E-state index in [0.717, 1.165) is 25.7 Å². The van der Waals surface area contributed by atoms with Gasteiger partial charge in [-0.15, -0.1) is 0 Å². The van der Waals surface area contributed by atoms with Gasteiger partial charge in [0.2, 0.25) is 0 Å². The van der Waals surface area contributed by atoms with Gasteiger partial charge in [-0.25, -0.2) is 9.59 Å². The van der Waals surface area contributed by atoms with E-state index in [4.69, 9.17) is 0 Å². The molecule has 1 saturated heterocycles. The van der Waals surface area contributed by atoms with Crippen LogP contribution in [0.25, 0.3) is 0 Å². The molecule has 0 spiro atoms. The molecule has 1 aliphatic carbocycles. The molecule has 102 valence electrons. The van der Waals surface area contributed by atoms with Crippen LogP contribution in [0.1, 0.15) is 45.4 Å². The van der Waals surface area contributed by atoms with E-state index in [2.05, 4.69) is 12.2 Å². The van der Waals surface area contributed by atoms with Crippen molar-refractivity contribution in [2.24, 2.45) is 5.92 Å². The van der Waals surface area contributed by atoms with Crippen molar-refractivity contribution in [3.8, 4) is 0 Å². The molecule has 0 unspecified atom stereocenters. The summed E-state index contributed by atoms with van der Waals surface area (Å²) in [6, 6.07) is -0.210. The maximum absolute atomic E-state index is 11.9. The Morgan fingerprint density at radius 1 is 1.50 bits per heavy atom. The monoisotopic (exact) mass is 254 g/mol. The van der Waals surface area contributed by atoms with Crippen LogP contribution in [0.15, 0.2) is 0 Å². The number of hydrogen-bond acceptors (Lipinski definition) is 2. The van der Waals surface area contributed by atoms with Crippen LogP contribution in [0.3, 0.4) is 0 Å². The van der Waals surface area contributed by atoms with Gasteiger partial charge in [0.25, 0.3) is 0 Å². The largest absolute Gasteiger partial charge is 0.479 e. The number of aliphatic carboxylic acids is 1. The highest BCUT2D eigenvalue weighted by atomic mass is 16.4. The summed E-state index contributed by atoms with van der Waals surface area (Å²) < 4.78 is 0. The quantitative estimate of drug-likeness (QED) is 0.807. The first-order chi connectivity index (χ1) is 8.60. The van der Waals surface area contributed by atoms with Crippen molar-refractivity contribution in [1.29, 1.82) is 0 Å². The lowest BCUT2D eigenvalue weighted by Crippen LogP contribution is -2.63. The molecule has 0 bridgehead atoms. The Balaban J connectivity index is 2.17. The normalized spacial score (nSPS) is 33.1. The molecular weight excluding hydrogens is 232 g/mol. The molecule has 0 aromatic rings. The molecule has 0 atom stereocenters. The zero-order valence-corrected chi connectivity index (χ0v) is 10.9. The number of hydrogen-bond donors (Lipinski definition) is 2. The van der Waals surface area contributed by atoms with Crippen LogP contribution in [-0.2, 0) is 4.79 Å². The van der Waals surface area contributed by atoms with Gasteiger partial charge in [-0.05, 0) is 38.0 Å². The lowest BCUT2D eigenvalue weighted by Gasteiger charge is -2.46. The second kappa shape index (κ2) is 5.16. The van der Waals surface area contributed by atoms with Crippen LogP contribution < -0.4 is 5.32 Å². The molecule has 1 heterocycles. The van der Waals surface area contributed by atoms with Gasteiger partial charge in [-0.2, -0.15) is 0 Å². The van der Waals surface area contributed by atoms with Crippen LogP contribution in [0.5, 0.6) is 0 Å². The minimum absolute atomic E-state index is 0.210. The van der Waals surface area contributed by atoms with Crippen molar-refractivity contribution in [2.45, 2.75) is 51.0 Å². The minimum atomic E-state index is -0.962. The second-order valence-corrected chi connectivity index (χ2v) is 5.43. The number of carbonyl (C=O) groups excluding carboxylic acids is 1. The number of carboxylic acids is 1. The van der Waals surface area contributed by atoms with Crippen LogP contribution in [0.2, 0.25) is 0 Å². The van der Waals surface area contributed by atoms with Crippen molar-refractivity contribution in [3.63, 3.8) is 0 Å². The number of rotatable bonds is 3. The summed E-state index contributed by atoms with van der Waals surface area (Å²) in [7, 11) is 0. The molecule has 2 fully saturated rings. The third kappa shape index (κ3) is 2.18. The first-order valence-electron chi connectivity index (χ1n) is 6.89. The van der Waals surface area contributed by atoms with E-state index in [1.807, 2.05) is 0 Å². The van der Waals surface area contributed by atoms with E-state index in [0.29, 0.717) is 31.8 Å². The molecule has 0 aromatic heterocycles. The number of nitrogens with zero attached hydrogens (tertiary/aromatic N) is 1. The SMILES string of the molecule is CCC1CCC(C(=O)O)(N2CCCNC2=O)CC1. The number of carbonyl (C=O) groups is 2. The summed E-state index contributed by atoms with van der Waals surface area (Å²) in [4.78, 5) is 25.2. The van der Waals surface area contributed by atoms with Crippen molar-refractivity contribution in [3.05, 3.63) is 0 Å². The van der Waals surface area contributed by atoms with Gasteiger partial charge < -0.3 is 15.3 Å². The highest BCUT2D eigenvalue weighted by Crippen LogP contribution is 2.38. The second-order valence-electron chi connectivity index (χ2n) is 5.43. The highest BCUT2D eigenvalue weighted by molar-refractivity contribution is 5.86. The molecule has 2 amide bonds. The fourth-order valence-electron chi connectivity index (χ4n) is 3.20. The third-order valence-corrected chi connectivity index (χ3v) is 4.50. The van der Waals surface area contributed by atoms with E-state index in [9.17, 15) is 14.7 Å². The molecule has 2 aliphatic rings. The van der Waals surface area contributed by atoms with Crippen LogP contribution in [0, 0.1) is 5.92 Å². The molecule has 1 aliphatic heterocycles. The van der Waals surface area contributed by atoms with Crippen molar-refractivity contribution in [1.82, 2.24) is 10.2 Å². The maximum Gasteiger partial charge on any atom is 0.329 e. The highest BCUT2D eigenvalue weighted by Gasteiger charge is 2.49. The van der Waals surface area contributed by atoms with Crippen LogP contribution >= 0.6 is 0 Å². The van der Waals surface area contributed by atoms with Gasteiger partial charge >= 0.3 is 12.0 Å². The van der Waals surface area contributed by atoms with E-state index in [-0.39, 0.29) is 6.03 Å². The third-order valence-electron chi connectivity index (χ3n) is 4.50. The number of urea groups is 1. The number of nitrogens with one attached hydrogen (secondary N) is 1. The van der Waals surface area contributed by atoms with E-state index < -0.39 is 11.5 Å². The van der Waals surface area contributed by atoms with Gasteiger partial charge in [-0.3, -0.25) is 0 Å². The van der Waals surface area contributed by atoms with Gasteiger partial charge in [-0.1, -0.05) is 13.3 Å². The smallest absolute Gasteiger partial charge is 0.329 e. The Kier molecular flexibility index (Phi) is 3.78. The molecule has 2 rings (SSSR count). The Morgan fingerprint density at radius 3 is 2.67 bits per heavy atom. The summed E-state index contributed by atoms with van der Waals surface area (Å²) >= 11 is 0. The number of carboxylic acid groups (broad SMARTS) is 1. The van der Waals surface area contributed by atoms with E-state index in [1.54, 1.807) is 4.90 Å². The van der Waals surface area contributed by atoms with Crippen LogP contribution in [0.4, 0.5) is 4.79 Å². The van der Waals surface area contributed by atoms with E-state index >= 15 is 0 Å². The molecule has 18 heavy (non-hydrogen) atoms. The van der Waals surface area contributed by atoms with Gasteiger partial charge in [0.15, 0.2) is 0 Å². The van der Waals surface area contributed by atoms with Crippen molar-refractivity contribution >= 4 is 12.0 Å². The topological polar surface area (TPSA) is 69.6 Å². The van der Waals surface area contributed by atoms with Crippen molar-refractivity contribution in [2.75, 3.05) is 13.1 Å². The molecule has 5 nitrogen and oxygen atoms in total. The fraction of sp³-hybridized carbons (Fsp3) is 0.846. The van der Waals surface area contributed by atoms with Gasteiger partial charge in [0, 0.05) is 13.1 Å². The lowest BCUT2D eigenvalue weighted by molar-refractivity contribution is -0.153. The molecule has 0 radical (unpaired) electrons.